The summed E-state index contributed by atoms with van der Waals surface area (Å²) in [6.07, 6.45) is 5.24. The van der Waals surface area contributed by atoms with E-state index < -0.39 is 0 Å². The van der Waals surface area contributed by atoms with Gasteiger partial charge in [0.2, 0.25) is 0 Å². The second kappa shape index (κ2) is 5.99. The molecule has 0 N–H and O–H groups in total. The molecule has 92 valence electrons. The van der Waals surface area contributed by atoms with Crippen LogP contribution < -0.4 is 0 Å². The van der Waals surface area contributed by atoms with Crippen molar-refractivity contribution in [3.8, 4) is 0 Å². The summed E-state index contributed by atoms with van der Waals surface area (Å²) in [4.78, 5) is 0. The van der Waals surface area contributed by atoms with Gasteiger partial charge in [0.05, 0.1) is 6.61 Å². The lowest BCUT2D eigenvalue weighted by Gasteiger charge is -2.23. The lowest BCUT2D eigenvalue weighted by molar-refractivity contribution is -0.169. The molecule has 1 fully saturated rings. The van der Waals surface area contributed by atoms with Crippen LogP contribution in [0.5, 0.6) is 0 Å². The smallest absolute Gasteiger partial charge is 0.158 e. The minimum Gasteiger partial charge on any atom is -0.353 e. The molecule has 0 saturated carbocycles. The normalized spacial score (nSPS) is 20.2. The molecule has 0 bridgehead atoms. The van der Waals surface area contributed by atoms with Gasteiger partial charge in [-0.2, -0.15) is 0 Å². The fourth-order valence-electron chi connectivity index (χ4n) is 2.11. The number of hydrogen-bond acceptors (Lipinski definition) is 2. The molecule has 0 radical (unpaired) electrons. The van der Waals surface area contributed by atoms with Crippen molar-refractivity contribution in [2.75, 3.05) is 6.61 Å². The predicted molar refractivity (Wildman–Crippen MR) is 69.7 cm³/mol. The predicted octanol–water partition coefficient (Wildman–Crippen LogP) is 3.68. The van der Waals surface area contributed by atoms with E-state index in [1.165, 1.54) is 23.1 Å². The quantitative estimate of drug-likeness (QED) is 0.788. The molecule has 1 aromatic carbocycles. The van der Waals surface area contributed by atoms with Gasteiger partial charge in [-0.15, -0.1) is 0 Å². The van der Waals surface area contributed by atoms with E-state index in [-0.39, 0.29) is 6.29 Å². The third-order valence-corrected chi connectivity index (χ3v) is 3.27. The highest BCUT2D eigenvalue weighted by molar-refractivity contribution is 5.53. The molecule has 0 aromatic heterocycles. The summed E-state index contributed by atoms with van der Waals surface area (Å²) in [5, 5.41) is 0. The Hall–Kier alpha value is -1.12. The standard InChI is InChI=1S/C15H20O2/c1-3-13-7-6-8-14(12(13)2)11-17-15-9-4-5-10-16-15/h3,6-8,15H,1,4-5,9-11H2,2H3. The number of hydrogen-bond donors (Lipinski definition) is 0. The lowest BCUT2D eigenvalue weighted by Crippen LogP contribution is -2.22. The Kier molecular flexibility index (Phi) is 4.35. The van der Waals surface area contributed by atoms with E-state index in [1.807, 2.05) is 12.1 Å². The zero-order chi connectivity index (χ0) is 12.1. The van der Waals surface area contributed by atoms with Crippen molar-refractivity contribution in [3.05, 3.63) is 41.5 Å². The van der Waals surface area contributed by atoms with Crippen LogP contribution in [0.2, 0.25) is 0 Å². The molecule has 1 heterocycles. The second-order valence-electron chi connectivity index (χ2n) is 4.44. The molecule has 0 amide bonds. The first-order valence-corrected chi connectivity index (χ1v) is 6.25. The minimum absolute atomic E-state index is 0.0180. The van der Waals surface area contributed by atoms with Crippen LogP contribution in [0.1, 0.15) is 36.0 Å². The van der Waals surface area contributed by atoms with Gasteiger partial charge in [0.15, 0.2) is 6.29 Å². The molecule has 1 aliphatic heterocycles. The maximum atomic E-state index is 5.79. The second-order valence-corrected chi connectivity index (χ2v) is 4.44. The summed E-state index contributed by atoms with van der Waals surface area (Å²) >= 11 is 0. The van der Waals surface area contributed by atoms with Crippen LogP contribution in [0.3, 0.4) is 0 Å². The lowest BCUT2D eigenvalue weighted by atomic mass is 10.0. The van der Waals surface area contributed by atoms with Crippen molar-refractivity contribution in [2.24, 2.45) is 0 Å². The zero-order valence-electron chi connectivity index (χ0n) is 10.4. The first-order valence-electron chi connectivity index (χ1n) is 6.25. The van der Waals surface area contributed by atoms with E-state index in [1.54, 1.807) is 0 Å². The van der Waals surface area contributed by atoms with Gasteiger partial charge in [-0.05, 0) is 42.9 Å². The Morgan fingerprint density at radius 1 is 1.47 bits per heavy atom. The number of ether oxygens (including phenoxy) is 2. The van der Waals surface area contributed by atoms with Crippen LogP contribution in [-0.4, -0.2) is 12.9 Å². The van der Waals surface area contributed by atoms with Crippen LogP contribution in [-0.2, 0) is 16.1 Å². The van der Waals surface area contributed by atoms with Crippen molar-refractivity contribution < 1.29 is 9.47 Å². The molecule has 1 saturated heterocycles. The Balaban J connectivity index is 1.96. The van der Waals surface area contributed by atoms with Gasteiger partial charge in [0.25, 0.3) is 0 Å². The first-order chi connectivity index (χ1) is 8.31. The average molecular weight is 232 g/mol. The van der Waals surface area contributed by atoms with Gasteiger partial charge < -0.3 is 9.47 Å². The highest BCUT2D eigenvalue weighted by atomic mass is 16.7. The van der Waals surface area contributed by atoms with Gasteiger partial charge in [0, 0.05) is 6.61 Å². The monoisotopic (exact) mass is 232 g/mol. The molecule has 2 rings (SSSR count). The molecular formula is C15H20O2. The molecular weight excluding hydrogens is 212 g/mol. The zero-order valence-corrected chi connectivity index (χ0v) is 10.4. The van der Waals surface area contributed by atoms with Crippen LogP contribution >= 0.6 is 0 Å². The highest BCUT2D eigenvalue weighted by Gasteiger charge is 2.14. The van der Waals surface area contributed by atoms with Crippen molar-refractivity contribution in [1.82, 2.24) is 0 Å². The largest absolute Gasteiger partial charge is 0.353 e. The van der Waals surface area contributed by atoms with E-state index in [4.69, 9.17) is 9.47 Å². The van der Waals surface area contributed by atoms with Crippen molar-refractivity contribution >= 4 is 6.08 Å². The topological polar surface area (TPSA) is 18.5 Å². The van der Waals surface area contributed by atoms with Gasteiger partial charge in [-0.1, -0.05) is 30.9 Å². The molecule has 17 heavy (non-hydrogen) atoms. The van der Waals surface area contributed by atoms with Crippen LogP contribution in [0.25, 0.3) is 6.08 Å². The molecule has 1 aromatic rings. The van der Waals surface area contributed by atoms with Gasteiger partial charge >= 0.3 is 0 Å². The van der Waals surface area contributed by atoms with Gasteiger partial charge in [0.1, 0.15) is 0 Å². The van der Waals surface area contributed by atoms with E-state index in [9.17, 15) is 0 Å². The van der Waals surface area contributed by atoms with Crippen LogP contribution in [0, 0.1) is 6.92 Å². The summed E-state index contributed by atoms with van der Waals surface area (Å²) in [5.41, 5.74) is 3.64. The van der Waals surface area contributed by atoms with Crippen molar-refractivity contribution in [2.45, 2.75) is 39.1 Å². The van der Waals surface area contributed by atoms with E-state index in [0.717, 1.165) is 19.4 Å². The summed E-state index contributed by atoms with van der Waals surface area (Å²) in [5.74, 6) is 0. The van der Waals surface area contributed by atoms with Gasteiger partial charge in [-0.25, -0.2) is 0 Å². The fourth-order valence-corrected chi connectivity index (χ4v) is 2.11. The first kappa shape index (κ1) is 12.3. The average Bonchev–Trinajstić information content (AvgIpc) is 2.39. The summed E-state index contributed by atoms with van der Waals surface area (Å²) in [6, 6.07) is 6.22. The SMILES string of the molecule is C=Cc1cccc(COC2CCCCO2)c1C. The Morgan fingerprint density at radius 3 is 3.06 bits per heavy atom. The molecule has 1 aliphatic rings. The summed E-state index contributed by atoms with van der Waals surface area (Å²) < 4.78 is 11.3. The fraction of sp³-hybridized carbons (Fsp3) is 0.467. The van der Waals surface area contributed by atoms with Crippen molar-refractivity contribution in [3.63, 3.8) is 0 Å². The van der Waals surface area contributed by atoms with E-state index in [2.05, 4.69) is 25.6 Å². The van der Waals surface area contributed by atoms with Gasteiger partial charge in [-0.3, -0.25) is 0 Å². The highest BCUT2D eigenvalue weighted by Crippen LogP contribution is 2.19. The maximum absolute atomic E-state index is 5.79. The third kappa shape index (κ3) is 3.18. The molecule has 2 nitrogen and oxygen atoms in total. The Bertz CT molecular complexity index is 379. The Labute approximate surface area is 103 Å². The summed E-state index contributed by atoms with van der Waals surface area (Å²) in [6.45, 7) is 7.38. The molecule has 0 aliphatic carbocycles. The minimum atomic E-state index is -0.0180. The number of benzene rings is 1. The molecule has 1 atom stereocenters. The number of rotatable bonds is 4. The van der Waals surface area contributed by atoms with Crippen LogP contribution in [0.15, 0.2) is 24.8 Å². The van der Waals surface area contributed by atoms with E-state index >= 15 is 0 Å². The van der Waals surface area contributed by atoms with Crippen molar-refractivity contribution in [1.29, 1.82) is 0 Å². The van der Waals surface area contributed by atoms with E-state index in [0.29, 0.717) is 6.61 Å². The third-order valence-electron chi connectivity index (χ3n) is 3.27. The molecule has 0 spiro atoms. The Morgan fingerprint density at radius 2 is 2.35 bits per heavy atom. The summed E-state index contributed by atoms with van der Waals surface area (Å²) in [7, 11) is 0. The maximum Gasteiger partial charge on any atom is 0.158 e. The van der Waals surface area contributed by atoms with Crippen LogP contribution in [0.4, 0.5) is 0 Å². The molecule has 2 heteroatoms. The molecule has 1 unspecified atom stereocenters.